The Hall–Kier alpha value is -3.12. The van der Waals surface area contributed by atoms with Gasteiger partial charge in [-0.15, -0.1) is 5.10 Å². The molecule has 38 heavy (non-hydrogen) atoms. The number of ether oxygens (including phenoxy) is 1. The second kappa shape index (κ2) is 10.9. The fourth-order valence-electron chi connectivity index (χ4n) is 4.74. The number of hydrogen-bond acceptors (Lipinski definition) is 6. The number of carbonyl (C=O) groups excluding carboxylic acids is 3. The Bertz CT molecular complexity index is 1420. The highest BCUT2D eigenvalue weighted by molar-refractivity contribution is 9.10. The minimum absolute atomic E-state index is 0.0146. The van der Waals surface area contributed by atoms with Gasteiger partial charge in [0, 0.05) is 39.9 Å². The van der Waals surface area contributed by atoms with Gasteiger partial charge in [-0.2, -0.15) is 0 Å². The zero-order valence-corrected chi connectivity index (χ0v) is 23.6. The second-order valence-corrected chi connectivity index (χ2v) is 11.1. The van der Waals surface area contributed by atoms with Crippen molar-refractivity contribution in [3.63, 3.8) is 0 Å². The molecule has 9 nitrogen and oxygen atoms in total. The lowest BCUT2D eigenvalue weighted by Crippen LogP contribution is -2.49. The van der Waals surface area contributed by atoms with E-state index in [9.17, 15) is 18.8 Å². The number of benzene rings is 2. The maximum absolute atomic E-state index is 14.4. The number of carbonyl (C=O) groups is 3. The third kappa shape index (κ3) is 5.37. The Kier molecular flexibility index (Phi) is 7.62. The Balaban J connectivity index is 1.13. The van der Waals surface area contributed by atoms with Gasteiger partial charge in [0.05, 0.1) is 24.0 Å². The minimum Gasteiger partial charge on any atom is -0.448 e. The summed E-state index contributed by atoms with van der Waals surface area (Å²) >= 11 is 6.73. The topological polar surface area (TPSA) is 106 Å². The number of halogens is 3. The summed E-state index contributed by atoms with van der Waals surface area (Å²) < 4.78 is 22.8. The second-order valence-electron chi connectivity index (χ2n) is 9.39. The molecule has 3 aromatic rings. The van der Waals surface area contributed by atoms with Crippen LogP contribution in [-0.2, 0) is 27.3 Å². The molecule has 0 saturated carbocycles. The van der Waals surface area contributed by atoms with Crippen LogP contribution in [0, 0.1) is 18.7 Å². The number of amides is 2. The van der Waals surface area contributed by atoms with Gasteiger partial charge in [-0.3, -0.25) is 9.59 Å². The van der Waals surface area contributed by atoms with Crippen LogP contribution in [0.4, 0.5) is 4.39 Å². The minimum atomic E-state index is -1.08. The van der Waals surface area contributed by atoms with E-state index in [1.165, 1.54) is 12.1 Å². The van der Waals surface area contributed by atoms with Crippen LogP contribution in [0.3, 0.4) is 0 Å². The summed E-state index contributed by atoms with van der Waals surface area (Å²) in [5.41, 5.74) is 2.86. The Morgan fingerprint density at radius 3 is 2.74 bits per heavy atom. The summed E-state index contributed by atoms with van der Waals surface area (Å²) in [6, 6.07) is 8.61. The zero-order valence-electron chi connectivity index (χ0n) is 20.4. The van der Waals surface area contributed by atoms with Gasteiger partial charge < -0.3 is 15.0 Å². The van der Waals surface area contributed by atoms with Crippen molar-refractivity contribution in [1.29, 1.82) is 0 Å². The molecule has 2 amide bonds. The fourth-order valence-corrected chi connectivity index (χ4v) is 5.62. The van der Waals surface area contributed by atoms with E-state index in [0.717, 1.165) is 15.7 Å². The van der Waals surface area contributed by atoms with Crippen molar-refractivity contribution in [1.82, 2.24) is 25.2 Å². The van der Waals surface area contributed by atoms with Crippen LogP contribution in [0.5, 0.6) is 0 Å². The Labute approximate surface area is 235 Å². The molecule has 1 fully saturated rings. The molecule has 3 heterocycles. The van der Waals surface area contributed by atoms with E-state index >= 15 is 0 Å². The van der Waals surface area contributed by atoms with Crippen LogP contribution in [0.2, 0.25) is 0 Å². The van der Waals surface area contributed by atoms with Gasteiger partial charge in [-0.1, -0.05) is 33.3 Å². The third-order valence-electron chi connectivity index (χ3n) is 6.87. The van der Waals surface area contributed by atoms with E-state index in [-0.39, 0.29) is 41.8 Å². The molecule has 0 bridgehead atoms. The van der Waals surface area contributed by atoms with Gasteiger partial charge >= 0.3 is 5.97 Å². The highest BCUT2D eigenvalue weighted by atomic mass is 79.9. The van der Waals surface area contributed by atoms with E-state index in [1.54, 1.807) is 15.8 Å². The Morgan fingerprint density at radius 1 is 1.21 bits per heavy atom. The summed E-state index contributed by atoms with van der Waals surface area (Å²) in [4.78, 5) is 39.8. The molecule has 0 radical (unpaired) electrons. The monoisotopic (exact) mass is 647 g/mol. The molecule has 1 atom stereocenters. The number of piperidine rings is 1. The maximum atomic E-state index is 14.4. The van der Waals surface area contributed by atoms with Gasteiger partial charge in [0.15, 0.2) is 6.10 Å². The largest absolute Gasteiger partial charge is 0.448 e. The summed E-state index contributed by atoms with van der Waals surface area (Å²) in [6.07, 6.45) is 1.62. The lowest BCUT2D eigenvalue weighted by molar-refractivity contribution is -0.144. The molecule has 2 aliphatic heterocycles. The molecule has 0 spiro atoms. The number of likely N-dealkylation sites (tertiary alicyclic amines) is 1. The van der Waals surface area contributed by atoms with Gasteiger partial charge in [0.1, 0.15) is 11.5 Å². The lowest BCUT2D eigenvalue weighted by Gasteiger charge is -2.34. The maximum Gasteiger partial charge on any atom is 0.339 e. The van der Waals surface area contributed by atoms with Gasteiger partial charge in [-0.25, -0.2) is 13.9 Å². The number of rotatable bonds is 5. The van der Waals surface area contributed by atoms with Crippen LogP contribution in [0.15, 0.2) is 45.5 Å². The van der Waals surface area contributed by atoms with E-state index < -0.39 is 17.9 Å². The van der Waals surface area contributed by atoms with Crippen molar-refractivity contribution in [2.75, 3.05) is 13.1 Å². The van der Waals surface area contributed by atoms with Crippen LogP contribution in [-0.4, -0.2) is 56.9 Å². The number of aromatic nitrogens is 3. The van der Waals surface area contributed by atoms with Crippen molar-refractivity contribution in [2.24, 2.45) is 5.92 Å². The van der Waals surface area contributed by atoms with Gasteiger partial charge in [0.25, 0.3) is 5.91 Å². The molecular weight excluding hydrogens is 625 g/mol. The van der Waals surface area contributed by atoms with E-state index in [0.29, 0.717) is 36.1 Å². The first-order chi connectivity index (χ1) is 18.2. The standard InChI is InChI=1S/C26H24Br2FN5O4/c1-14-3-2-4-21(23(14)28)34-13-17(31-32-34)12-30-24(35)15-5-7-33(8-6-15)25(36)22-11-18-19(26(37)38-22)9-16(27)10-20(18)29/h2-4,9-10,13,15,22H,5-8,11-12H2,1H3,(H,30,35). The predicted octanol–water partition coefficient (Wildman–Crippen LogP) is 3.88. The summed E-state index contributed by atoms with van der Waals surface area (Å²) in [7, 11) is 0. The Morgan fingerprint density at radius 2 is 1.97 bits per heavy atom. The van der Waals surface area contributed by atoms with Crippen molar-refractivity contribution in [3.8, 4) is 5.69 Å². The molecule has 0 aliphatic carbocycles. The highest BCUT2D eigenvalue weighted by Crippen LogP contribution is 2.29. The fraction of sp³-hybridized carbons (Fsp3) is 0.346. The van der Waals surface area contributed by atoms with Crippen LogP contribution in [0.1, 0.15) is 40.0 Å². The molecule has 1 unspecified atom stereocenters. The number of aryl methyl sites for hydroxylation is 1. The summed E-state index contributed by atoms with van der Waals surface area (Å²) in [5.74, 6) is -2.01. The van der Waals surface area contributed by atoms with Crippen molar-refractivity contribution in [2.45, 2.75) is 38.8 Å². The molecule has 5 rings (SSSR count). The van der Waals surface area contributed by atoms with Gasteiger partial charge in [-0.05, 0) is 59.5 Å². The van der Waals surface area contributed by atoms with E-state index in [2.05, 4.69) is 47.5 Å². The number of cyclic esters (lactones) is 1. The number of fused-ring (bicyclic) bond motifs is 1. The van der Waals surface area contributed by atoms with Crippen LogP contribution >= 0.6 is 31.9 Å². The lowest BCUT2D eigenvalue weighted by atomic mass is 9.94. The van der Waals surface area contributed by atoms with E-state index in [4.69, 9.17) is 4.74 Å². The predicted molar refractivity (Wildman–Crippen MR) is 142 cm³/mol. The van der Waals surface area contributed by atoms with E-state index in [1.807, 2.05) is 25.1 Å². The highest BCUT2D eigenvalue weighted by Gasteiger charge is 2.37. The first-order valence-corrected chi connectivity index (χ1v) is 13.7. The third-order valence-corrected chi connectivity index (χ3v) is 8.36. The molecular formula is C26H24Br2FN5O4. The number of nitrogens with one attached hydrogen (secondary N) is 1. The molecule has 1 saturated heterocycles. The first kappa shape index (κ1) is 26.5. The summed E-state index contributed by atoms with van der Waals surface area (Å²) in [6.45, 7) is 2.92. The average Bonchev–Trinajstić information content (AvgIpc) is 3.38. The quantitative estimate of drug-likeness (QED) is 0.421. The van der Waals surface area contributed by atoms with Crippen LogP contribution in [0.25, 0.3) is 5.69 Å². The van der Waals surface area contributed by atoms with Crippen LogP contribution < -0.4 is 5.32 Å². The smallest absolute Gasteiger partial charge is 0.339 e. The molecule has 2 aromatic carbocycles. The molecule has 1 aromatic heterocycles. The first-order valence-electron chi connectivity index (χ1n) is 12.1. The number of nitrogens with zero attached hydrogens (tertiary/aromatic N) is 4. The molecule has 198 valence electrons. The zero-order chi connectivity index (χ0) is 27.0. The molecule has 1 N–H and O–H groups in total. The van der Waals surface area contributed by atoms with Gasteiger partial charge in [0.2, 0.25) is 5.91 Å². The number of esters is 1. The number of hydrogen-bond donors (Lipinski definition) is 1. The van der Waals surface area contributed by atoms with Crippen molar-refractivity contribution < 1.29 is 23.5 Å². The van der Waals surface area contributed by atoms with Crippen molar-refractivity contribution in [3.05, 3.63) is 73.7 Å². The normalized spacial score (nSPS) is 17.6. The molecule has 2 aliphatic rings. The average molecular weight is 649 g/mol. The summed E-state index contributed by atoms with van der Waals surface area (Å²) in [5, 5.41) is 11.2. The molecule has 12 heteroatoms. The van der Waals surface area contributed by atoms with Crippen molar-refractivity contribution >= 4 is 49.6 Å². The SMILES string of the molecule is Cc1cccc(-n2cc(CNC(=O)C3CCN(C(=O)C4Cc5c(F)cc(Br)cc5C(=O)O4)CC3)nn2)c1Br.